The Hall–Kier alpha value is -8.67. The van der Waals surface area contributed by atoms with E-state index in [4.69, 9.17) is 23.8 Å². The van der Waals surface area contributed by atoms with E-state index in [-0.39, 0.29) is 0 Å². The highest BCUT2D eigenvalue weighted by Crippen LogP contribution is 2.43. The van der Waals surface area contributed by atoms with Gasteiger partial charge in [0.25, 0.3) is 0 Å². The fourth-order valence-electron chi connectivity index (χ4n) is 9.27. The van der Waals surface area contributed by atoms with Crippen molar-refractivity contribution < 1.29 is 8.83 Å². The van der Waals surface area contributed by atoms with Crippen LogP contribution < -0.4 is 0 Å². The molecule has 298 valence electrons. The number of fused-ring (bicyclic) bond motifs is 8. The van der Waals surface area contributed by atoms with E-state index in [2.05, 4.69) is 188 Å². The number of rotatable bonds is 6. The topological polar surface area (TPSA) is 65.0 Å². The molecule has 0 amide bonds. The van der Waals surface area contributed by atoms with Crippen LogP contribution in [0.15, 0.2) is 221 Å². The Labute approximate surface area is 367 Å². The second-order valence-electron chi connectivity index (χ2n) is 16.4. The quantitative estimate of drug-likeness (QED) is 0.167. The highest BCUT2D eigenvalue weighted by atomic mass is 16.3. The summed E-state index contributed by atoms with van der Waals surface area (Å²) in [6.07, 6.45) is 0. The summed E-state index contributed by atoms with van der Waals surface area (Å²) in [6.45, 7) is 0. The molecule has 13 rings (SSSR count). The molecule has 0 fully saturated rings. The highest BCUT2D eigenvalue weighted by molar-refractivity contribution is 6.16. The van der Waals surface area contributed by atoms with Crippen LogP contribution in [-0.4, -0.2) is 15.0 Å². The SMILES string of the molecule is c1ccc(-c2cc(-c3ccccc3)cc(-c3cc(-c4nc(-c5ccc6ccccc6c5)nc(-c5ccc6c(c5)oc5ccccc56)n4)c4c(c3)oc3cc5ccccc5cc34)c2)cc1. The zero-order valence-corrected chi connectivity index (χ0v) is 34.4. The van der Waals surface area contributed by atoms with E-state index in [0.29, 0.717) is 17.5 Å². The van der Waals surface area contributed by atoms with Gasteiger partial charge >= 0.3 is 0 Å². The summed E-state index contributed by atoms with van der Waals surface area (Å²) in [5, 5.41) is 8.55. The lowest BCUT2D eigenvalue weighted by molar-refractivity contribution is 0.669. The van der Waals surface area contributed by atoms with Crippen molar-refractivity contribution in [1.82, 2.24) is 15.0 Å². The van der Waals surface area contributed by atoms with Crippen LogP contribution in [0.3, 0.4) is 0 Å². The van der Waals surface area contributed by atoms with Crippen molar-refractivity contribution in [2.24, 2.45) is 0 Å². The van der Waals surface area contributed by atoms with Crippen molar-refractivity contribution in [2.45, 2.75) is 0 Å². The minimum atomic E-state index is 0.545. The Morgan fingerprint density at radius 1 is 0.250 bits per heavy atom. The maximum absolute atomic E-state index is 6.89. The number of para-hydroxylation sites is 1. The molecule has 0 radical (unpaired) electrons. The van der Waals surface area contributed by atoms with E-state index in [1.165, 1.54) is 0 Å². The molecular formula is C59H35N3O2. The van der Waals surface area contributed by atoms with Crippen molar-refractivity contribution in [3.05, 3.63) is 212 Å². The average Bonchev–Trinajstić information content (AvgIpc) is 3.92. The van der Waals surface area contributed by atoms with E-state index in [1.54, 1.807) is 0 Å². The van der Waals surface area contributed by atoms with Gasteiger partial charge in [-0.15, -0.1) is 0 Å². The lowest BCUT2D eigenvalue weighted by Crippen LogP contribution is -2.01. The van der Waals surface area contributed by atoms with E-state index in [1.807, 2.05) is 24.3 Å². The summed E-state index contributed by atoms with van der Waals surface area (Å²) in [5.74, 6) is 1.66. The molecule has 0 bridgehead atoms. The van der Waals surface area contributed by atoms with Gasteiger partial charge in [-0.05, 0) is 122 Å². The second kappa shape index (κ2) is 14.5. The van der Waals surface area contributed by atoms with Crippen LogP contribution in [0.5, 0.6) is 0 Å². The third-order valence-electron chi connectivity index (χ3n) is 12.4. The van der Waals surface area contributed by atoms with Gasteiger partial charge in [-0.2, -0.15) is 0 Å². The summed E-state index contributed by atoms with van der Waals surface area (Å²) in [5.41, 5.74) is 12.3. The molecule has 3 heterocycles. The van der Waals surface area contributed by atoms with E-state index in [9.17, 15) is 0 Å². The molecule has 13 aromatic rings. The number of nitrogens with zero attached hydrogens (tertiary/aromatic N) is 3. The molecule has 0 aliphatic carbocycles. The molecule has 0 aliphatic heterocycles. The van der Waals surface area contributed by atoms with Gasteiger partial charge in [-0.1, -0.05) is 146 Å². The Kier molecular flexibility index (Phi) is 8.15. The van der Waals surface area contributed by atoms with Crippen LogP contribution in [0.25, 0.3) is 133 Å². The number of furan rings is 2. The standard InChI is InChI=1S/C59H35N3O2/c1-3-13-36(14-4-1)44-28-45(37-15-5-2-6-16-37)30-46(29-44)47-32-51(56-50-31-40-19-9-10-20-41(40)33-54(50)64-55(56)35-47)59-61-57(42-24-23-38-17-7-8-18-39(38)27-42)60-58(62-59)43-25-26-49-48-21-11-12-22-52(48)63-53(49)34-43/h1-35H. The summed E-state index contributed by atoms with van der Waals surface area (Å²) < 4.78 is 13.3. The first-order chi connectivity index (χ1) is 31.6. The van der Waals surface area contributed by atoms with Crippen molar-refractivity contribution in [2.75, 3.05) is 0 Å². The van der Waals surface area contributed by atoms with E-state index < -0.39 is 0 Å². The minimum absolute atomic E-state index is 0.545. The summed E-state index contributed by atoms with van der Waals surface area (Å²) in [4.78, 5) is 16.0. The Bertz CT molecular complexity index is 3900. The van der Waals surface area contributed by atoms with Crippen LogP contribution in [-0.2, 0) is 0 Å². The molecule has 0 atom stereocenters. The summed E-state index contributed by atoms with van der Waals surface area (Å²) in [7, 11) is 0. The van der Waals surface area contributed by atoms with E-state index >= 15 is 0 Å². The molecule has 5 nitrogen and oxygen atoms in total. The van der Waals surface area contributed by atoms with Gasteiger partial charge in [0.05, 0.1) is 0 Å². The molecular weight excluding hydrogens is 783 g/mol. The van der Waals surface area contributed by atoms with Crippen molar-refractivity contribution in [3.63, 3.8) is 0 Å². The van der Waals surface area contributed by atoms with Crippen LogP contribution in [0, 0.1) is 0 Å². The monoisotopic (exact) mass is 817 g/mol. The van der Waals surface area contributed by atoms with Gasteiger partial charge in [0, 0.05) is 38.2 Å². The molecule has 0 N–H and O–H groups in total. The molecule has 5 heteroatoms. The molecule has 3 aromatic heterocycles. The zero-order valence-electron chi connectivity index (χ0n) is 34.4. The van der Waals surface area contributed by atoms with Crippen molar-refractivity contribution in [3.8, 4) is 67.5 Å². The third kappa shape index (κ3) is 6.13. The van der Waals surface area contributed by atoms with Gasteiger partial charge in [0.1, 0.15) is 22.3 Å². The van der Waals surface area contributed by atoms with Gasteiger partial charge in [0.2, 0.25) is 0 Å². The Morgan fingerprint density at radius 2 is 0.734 bits per heavy atom. The molecule has 0 saturated carbocycles. The second-order valence-corrected chi connectivity index (χ2v) is 16.4. The highest BCUT2D eigenvalue weighted by Gasteiger charge is 2.22. The molecule has 0 spiro atoms. The van der Waals surface area contributed by atoms with Crippen molar-refractivity contribution in [1.29, 1.82) is 0 Å². The van der Waals surface area contributed by atoms with Gasteiger partial charge in [-0.25, -0.2) is 15.0 Å². The molecule has 0 unspecified atom stereocenters. The lowest BCUT2D eigenvalue weighted by atomic mass is 9.91. The van der Waals surface area contributed by atoms with Gasteiger partial charge < -0.3 is 8.83 Å². The number of aromatic nitrogens is 3. The predicted octanol–water partition coefficient (Wildman–Crippen LogP) is 16.0. The first-order valence-corrected chi connectivity index (χ1v) is 21.5. The molecule has 0 saturated heterocycles. The smallest absolute Gasteiger partial charge is 0.164 e. The summed E-state index contributed by atoms with van der Waals surface area (Å²) >= 11 is 0. The third-order valence-corrected chi connectivity index (χ3v) is 12.4. The number of benzene rings is 10. The number of hydrogen-bond donors (Lipinski definition) is 0. The van der Waals surface area contributed by atoms with Gasteiger partial charge in [0.15, 0.2) is 17.5 Å². The van der Waals surface area contributed by atoms with E-state index in [0.717, 1.165) is 115 Å². The van der Waals surface area contributed by atoms with Crippen LogP contribution >= 0.6 is 0 Å². The van der Waals surface area contributed by atoms with Crippen LogP contribution in [0.4, 0.5) is 0 Å². The lowest BCUT2D eigenvalue weighted by Gasteiger charge is -2.14. The average molecular weight is 818 g/mol. The van der Waals surface area contributed by atoms with Crippen LogP contribution in [0.2, 0.25) is 0 Å². The first-order valence-electron chi connectivity index (χ1n) is 21.5. The number of hydrogen-bond acceptors (Lipinski definition) is 5. The van der Waals surface area contributed by atoms with Gasteiger partial charge in [-0.3, -0.25) is 0 Å². The molecule has 10 aromatic carbocycles. The fourth-order valence-corrected chi connectivity index (χ4v) is 9.27. The molecule has 0 aliphatic rings. The minimum Gasteiger partial charge on any atom is -0.456 e. The maximum Gasteiger partial charge on any atom is 0.164 e. The summed E-state index contributed by atoms with van der Waals surface area (Å²) in [6, 6.07) is 74.2. The maximum atomic E-state index is 6.89. The largest absolute Gasteiger partial charge is 0.456 e. The zero-order chi connectivity index (χ0) is 42.1. The Morgan fingerprint density at radius 3 is 1.45 bits per heavy atom. The normalized spacial score (nSPS) is 11.8. The van der Waals surface area contributed by atoms with Crippen molar-refractivity contribution >= 4 is 65.4 Å². The first kappa shape index (κ1) is 36.0. The Balaban J connectivity index is 1.10. The predicted molar refractivity (Wildman–Crippen MR) is 262 cm³/mol. The fraction of sp³-hybridized carbons (Fsp3) is 0. The van der Waals surface area contributed by atoms with Crippen LogP contribution in [0.1, 0.15) is 0 Å². The molecule has 64 heavy (non-hydrogen) atoms.